The fraction of sp³-hybridized carbons (Fsp3) is 0.0625. The Morgan fingerprint density at radius 3 is 1.18 bits per heavy atom. The Bertz CT molecular complexity index is 1400. The van der Waals surface area contributed by atoms with Gasteiger partial charge in [0.1, 0.15) is 0 Å². The molecule has 6 aromatic carbocycles. The van der Waals surface area contributed by atoms with Gasteiger partial charge in [0.05, 0.1) is 0 Å². The van der Waals surface area contributed by atoms with Crippen LogP contribution >= 0.6 is 31.9 Å². The van der Waals surface area contributed by atoms with E-state index in [2.05, 4.69) is 166 Å². The molecule has 192 valence electrons. The Labute approximate surface area is 270 Å². The van der Waals surface area contributed by atoms with E-state index in [-0.39, 0.29) is 30.2 Å². The van der Waals surface area contributed by atoms with E-state index in [4.69, 9.17) is 0 Å². The van der Waals surface area contributed by atoms with Gasteiger partial charge in [0, 0.05) is 8.95 Å². The van der Waals surface area contributed by atoms with Crippen LogP contribution in [0.2, 0.25) is 13.1 Å². The van der Waals surface area contributed by atoms with Crippen LogP contribution in [0.25, 0.3) is 43.8 Å². The van der Waals surface area contributed by atoms with E-state index in [1.807, 2.05) is 0 Å². The molecular weight excluding hydrogens is 734 g/mol. The molecule has 0 aliphatic rings. The second kappa shape index (κ2) is 16.1. The molecule has 0 radical (unpaired) electrons. The predicted molar refractivity (Wildman–Crippen MR) is 163 cm³/mol. The fourth-order valence-electron chi connectivity index (χ4n) is 3.92. The van der Waals surface area contributed by atoms with Gasteiger partial charge in [-0.3, -0.25) is 0 Å². The van der Waals surface area contributed by atoms with Crippen LogP contribution in [-0.4, -0.2) is 5.43 Å². The maximum absolute atomic E-state index is 3.45. The van der Waals surface area contributed by atoms with Crippen LogP contribution in [-0.2, 0) is 23.3 Å². The van der Waals surface area contributed by atoms with Gasteiger partial charge in [0.25, 0.3) is 0 Å². The number of rotatable bonds is 2. The van der Waals surface area contributed by atoms with Gasteiger partial charge < -0.3 is 24.8 Å². The molecule has 0 atom stereocenters. The summed E-state index contributed by atoms with van der Waals surface area (Å²) >= 11 is 8.64. The summed E-state index contributed by atoms with van der Waals surface area (Å²) in [6, 6.07) is 42.7. The molecule has 6 aromatic rings. The summed E-state index contributed by atoms with van der Waals surface area (Å²) in [4.78, 5) is 0. The molecule has 0 spiro atoms. The van der Waals surface area contributed by atoms with Crippen LogP contribution in [0.3, 0.4) is 0 Å². The first kappa shape index (κ1) is 32.9. The summed E-state index contributed by atoms with van der Waals surface area (Å²) in [6.45, 7) is 4.62. The smallest absolute Gasteiger partial charge is 1.00 e. The molecule has 0 aliphatic carbocycles. The summed E-state index contributed by atoms with van der Waals surface area (Å²) in [7, 11) is 0. The Kier molecular flexibility index (Phi) is 14.0. The normalized spacial score (nSPS) is 9.84. The van der Waals surface area contributed by atoms with Crippen molar-refractivity contribution < 1.29 is 48.1 Å². The average molecular weight is 761 g/mol. The van der Waals surface area contributed by atoms with Crippen molar-refractivity contribution in [2.75, 3.05) is 0 Å². The molecule has 0 aromatic heterocycles. The minimum Gasteiger partial charge on any atom is -1.00 e. The van der Waals surface area contributed by atoms with Crippen molar-refractivity contribution >= 4 is 58.8 Å². The SMILES string of the molecule is Brc1ccc(-c2cc3ccccc3[cH-]2)cc1.Brc1ccc(-c2cc3ccccc3[cH-]2)cc1.C[Si](C)=[Zr+2].[Cl-].[Cl-]. The zero-order chi connectivity index (χ0) is 25.5. The largest absolute Gasteiger partial charge is 1.00 e. The van der Waals surface area contributed by atoms with Crippen LogP contribution in [0, 0.1) is 0 Å². The number of fused-ring (bicyclic) bond motifs is 2. The molecule has 0 unspecified atom stereocenters. The standard InChI is InChI=1S/2C15H10Br.C2H6Si.2ClH.Zr/c2*16-15-7-5-11(6-8-15)14-9-12-3-1-2-4-13(12)10-14;1-3-2;;;/h2*1-10H;1-2H3;2*1H;/q2*-1;;;;+2/p-2. The molecule has 0 heterocycles. The number of hydrogen-bond donors (Lipinski definition) is 0. The maximum Gasteiger partial charge on any atom is -1.00 e. The van der Waals surface area contributed by atoms with E-state index in [0.717, 1.165) is 8.95 Å². The Balaban J connectivity index is 0.000000224. The minimum absolute atomic E-state index is 0. The molecule has 0 fully saturated rings. The van der Waals surface area contributed by atoms with Crippen molar-refractivity contribution in [2.24, 2.45) is 0 Å². The van der Waals surface area contributed by atoms with Gasteiger partial charge in [-0.15, -0.1) is 69.1 Å². The van der Waals surface area contributed by atoms with Gasteiger partial charge in [0.2, 0.25) is 0 Å². The summed E-state index contributed by atoms with van der Waals surface area (Å²) in [5.41, 5.74) is 5.31. The molecule has 6 heteroatoms. The molecular formula is C32H26Br2Cl2SiZr-2. The second-order valence-corrected chi connectivity index (χ2v) is 20.0. The number of hydrogen-bond acceptors (Lipinski definition) is 0. The quantitative estimate of drug-likeness (QED) is 0.177. The molecule has 0 saturated heterocycles. The second-order valence-electron chi connectivity index (χ2n) is 8.76. The number of halogens is 4. The monoisotopic (exact) mass is 756 g/mol. The van der Waals surface area contributed by atoms with Gasteiger partial charge in [-0.2, -0.15) is 0 Å². The predicted octanol–water partition coefficient (Wildman–Crippen LogP) is 4.77. The fourth-order valence-corrected chi connectivity index (χ4v) is 4.45. The molecule has 0 bridgehead atoms. The summed E-state index contributed by atoms with van der Waals surface area (Å²) in [5, 5.41) is 5.22. The third kappa shape index (κ3) is 9.44. The van der Waals surface area contributed by atoms with Gasteiger partial charge in [-0.05, 0) is 0 Å². The van der Waals surface area contributed by atoms with Gasteiger partial charge in [-0.1, -0.05) is 128 Å². The van der Waals surface area contributed by atoms with Gasteiger partial charge in [-0.25, -0.2) is 0 Å². The topological polar surface area (TPSA) is 0 Å². The van der Waals surface area contributed by atoms with E-state index in [0.29, 0.717) is 0 Å². The zero-order valence-electron chi connectivity index (χ0n) is 21.1. The van der Waals surface area contributed by atoms with Crippen molar-refractivity contribution in [2.45, 2.75) is 13.1 Å². The molecule has 0 nitrogen and oxygen atoms in total. The average Bonchev–Trinajstić information content (AvgIpc) is 3.49. The van der Waals surface area contributed by atoms with E-state index < -0.39 is 0 Å². The van der Waals surface area contributed by atoms with Crippen LogP contribution in [0.1, 0.15) is 0 Å². The number of benzene rings is 4. The van der Waals surface area contributed by atoms with Crippen LogP contribution in [0.5, 0.6) is 0 Å². The molecule has 6 rings (SSSR count). The first-order valence-corrected chi connectivity index (χ1v) is 19.5. The first-order valence-electron chi connectivity index (χ1n) is 11.7. The molecule has 0 amide bonds. The van der Waals surface area contributed by atoms with E-state index in [9.17, 15) is 0 Å². The molecule has 0 N–H and O–H groups in total. The van der Waals surface area contributed by atoms with Crippen LogP contribution < -0.4 is 24.8 Å². The van der Waals surface area contributed by atoms with Crippen molar-refractivity contribution in [1.82, 2.24) is 0 Å². The van der Waals surface area contributed by atoms with E-state index in [1.165, 1.54) is 43.8 Å². The molecule has 0 aliphatic heterocycles. The minimum atomic E-state index is 0. The van der Waals surface area contributed by atoms with Crippen LogP contribution in [0.4, 0.5) is 0 Å². The summed E-state index contributed by atoms with van der Waals surface area (Å²) in [6.07, 6.45) is 0. The summed E-state index contributed by atoms with van der Waals surface area (Å²) < 4.78 is 2.24. The molecule has 0 saturated carbocycles. The zero-order valence-corrected chi connectivity index (χ0v) is 29.2. The maximum atomic E-state index is 3.45. The third-order valence-corrected chi connectivity index (χ3v) is 6.65. The first-order chi connectivity index (χ1) is 17.4. The Morgan fingerprint density at radius 1 is 0.553 bits per heavy atom. The Hall–Kier alpha value is -1.26. The third-order valence-electron chi connectivity index (χ3n) is 5.59. The Morgan fingerprint density at radius 2 is 0.868 bits per heavy atom. The van der Waals surface area contributed by atoms with Crippen LogP contribution in [0.15, 0.2) is 130 Å². The van der Waals surface area contributed by atoms with Gasteiger partial charge >= 0.3 is 41.9 Å². The van der Waals surface area contributed by atoms with Crippen molar-refractivity contribution in [3.05, 3.63) is 130 Å². The van der Waals surface area contributed by atoms with E-state index >= 15 is 0 Å². The van der Waals surface area contributed by atoms with Gasteiger partial charge in [0.15, 0.2) is 0 Å². The van der Waals surface area contributed by atoms with Crippen molar-refractivity contribution in [1.29, 1.82) is 0 Å². The van der Waals surface area contributed by atoms with Crippen molar-refractivity contribution in [3.63, 3.8) is 0 Å². The van der Waals surface area contributed by atoms with Crippen molar-refractivity contribution in [3.8, 4) is 22.3 Å². The van der Waals surface area contributed by atoms with E-state index in [1.54, 1.807) is 23.3 Å². The summed E-state index contributed by atoms with van der Waals surface area (Å²) in [5.74, 6) is 0. The molecule has 38 heavy (non-hydrogen) atoms.